The van der Waals surface area contributed by atoms with Crippen molar-refractivity contribution in [3.05, 3.63) is 29.8 Å². The van der Waals surface area contributed by atoms with Gasteiger partial charge in [-0.3, -0.25) is 9.69 Å². The second kappa shape index (κ2) is 7.06. The van der Waals surface area contributed by atoms with E-state index in [1.165, 1.54) is 0 Å². The molecule has 0 aliphatic carbocycles. The van der Waals surface area contributed by atoms with E-state index < -0.39 is 0 Å². The maximum absolute atomic E-state index is 12.0. The minimum Gasteiger partial charge on any atom is -0.389 e. The van der Waals surface area contributed by atoms with Crippen LogP contribution in [0.4, 0.5) is 5.69 Å². The summed E-state index contributed by atoms with van der Waals surface area (Å²) in [7, 11) is 0. The van der Waals surface area contributed by atoms with E-state index in [-0.39, 0.29) is 5.91 Å². The third-order valence-corrected chi connectivity index (χ3v) is 4.50. The van der Waals surface area contributed by atoms with Gasteiger partial charge < -0.3 is 11.1 Å². The van der Waals surface area contributed by atoms with Gasteiger partial charge in [-0.25, -0.2) is 0 Å². The number of nitrogens with one attached hydrogen (secondary N) is 1. The van der Waals surface area contributed by atoms with Crippen molar-refractivity contribution in [2.45, 2.75) is 12.2 Å². The van der Waals surface area contributed by atoms with Crippen LogP contribution >= 0.6 is 24.0 Å². The van der Waals surface area contributed by atoms with Crippen LogP contribution in [0.15, 0.2) is 24.3 Å². The molecule has 108 valence electrons. The number of hydrogen-bond acceptors (Lipinski definition) is 4. The molecule has 0 aromatic heterocycles. The van der Waals surface area contributed by atoms with Gasteiger partial charge in [-0.05, 0) is 12.1 Å². The number of thioether (sulfide) groups is 1. The predicted octanol–water partition coefficient (Wildman–Crippen LogP) is 1.70. The molecule has 1 atom stereocenters. The summed E-state index contributed by atoms with van der Waals surface area (Å²) >= 11 is 6.89. The molecule has 0 bridgehead atoms. The van der Waals surface area contributed by atoms with Gasteiger partial charge in [0.05, 0.1) is 6.54 Å². The first-order chi connectivity index (χ1) is 9.54. The lowest BCUT2D eigenvalue weighted by Gasteiger charge is -2.29. The van der Waals surface area contributed by atoms with Crippen LogP contribution in [-0.4, -0.2) is 46.4 Å². The van der Waals surface area contributed by atoms with Gasteiger partial charge in [0.15, 0.2) is 0 Å². The van der Waals surface area contributed by atoms with E-state index in [1.807, 2.05) is 30.0 Å². The SMILES string of the molecule is CC1CN(CC(=O)Nc2cccc(C(N)=S)c2)CCS1. The highest BCUT2D eigenvalue weighted by Crippen LogP contribution is 2.17. The summed E-state index contributed by atoms with van der Waals surface area (Å²) in [5.74, 6) is 1.09. The van der Waals surface area contributed by atoms with Crippen LogP contribution in [0.1, 0.15) is 12.5 Å². The Morgan fingerprint density at radius 3 is 3.10 bits per heavy atom. The standard InChI is InChI=1S/C14H19N3OS2/c1-10-8-17(5-6-20-10)9-13(18)16-12-4-2-3-11(7-12)14(15)19/h2-4,7,10H,5-6,8-9H2,1H3,(H2,15,19)(H,16,18). The number of hydrogen-bond donors (Lipinski definition) is 2. The van der Waals surface area contributed by atoms with Crippen LogP contribution < -0.4 is 11.1 Å². The molecule has 6 heteroatoms. The first kappa shape index (κ1) is 15.3. The van der Waals surface area contributed by atoms with E-state index in [0.29, 0.717) is 16.8 Å². The monoisotopic (exact) mass is 309 g/mol. The maximum atomic E-state index is 12.0. The summed E-state index contributed by atoms with van der Waals surface area (Å²) in [6.07, 6.45) is 0. The van der Waals surface area contributed by atoms with Crippen molar-refractivity contribution < 1.29 is 4.79 Å². The van der Waals surface area contributed by atoms with Crippen LogP contribution in [0.3, 0.4) is 0 Å². The third-order valence-electron chi connectivity index (χ3n) is 3.12. The fourth-order valence-corrected chi connectivity index (χ4v) is 3.40. The molecule has 1 unspecified atom stereocenters. The number of amides is 1. The normalized spacial score (nSPS) is 19.6. The van der Waals surface area contributed by atoms with Crippen molar-refractivity contribution in [3.8, 4) is 0 Å². The topological polar surface area (TPSA) is 58.4 Å². The maximum Gasteiger partial charge on any atom is 0.238 e. The van der Waals surface area contributed by atoms with Gasteiger partial charge in [0.1, 0.15) is 4.99 Å². The lowest BCUT2D eigenvalue weighted by Crippen LogP contribution is -2.41. The molecule has 1 amide bonds. The van der Waals surface area contributed by atoms with Crippen LogP contribution in [0, 0.1) is 0 Å². The van der Waals surface area contributed by atoms with Gasteiger partial charge >= 0.3 is 0 Å². The molecule has 1 saturated heterocycles. The average Bonchev–Trinajstić information content (AvgIpc) is 2.38. The number of carbonyl (C=O) groups is 1. The molecule has 4 nitrogen and oxygen atoms in total. The number of carbonyl (C=O) groups excluding carboxylic acids is 1. The van der Waals surface area contributed by atoms with Crippen LogP contribution in [0.2, 0.25) is 0 Å². The molecule has 20 heavy (non-hydrogen) atoms. The Morgan fingerprint density at radius 1 is 1.60 bits per heavy atom. The smallest absolute Gasteiger partial charge is 0.238 e. The van der Waals surface area contributed by atoms with Gasteiger partial charge in [-0.15, -0.1) is 0 Å². The van der Waals surface area contributed by atoms with E-state index in [2.05, 4.69) is 17.1 Å². The summed E-state index contributed by atoms with van der Waals surface area (Å²) in [4.78, 5) is 14.6. The Kier molecular flexibility index (Phi) is 5.39. The Bertz CT molecular complexity index is 507. The van der Waals surface area contributed by atoms with Crippen molar-refractivity contribution in [1.82, 2.24) is 4.90 Å². The van der Waals surface area contributed by atoms with Crippen LogP contribution in [0.25, 0.3) is 0 Å². The van der Waals surface area contributed by atoms with Crippen LogP contribution in [0.5, 0.6) is 0 Å². The van der Waals surface area contributed by atoms with E-state index in [9.17, 15) is 4.79 Å². The highest BCUT2D eigenvalue weighted by molar-refractivity contribution is 7.99. The number of nitrogens with two attached hydrogens (primary N) is 1. The van der Waals surface area contributed by atoms with Gasteiger partial charge in [-0.1, -0.05) is 31.3 Å². The third kappa shape index (κ3) is 4.47. The summed E-state index contributed by atoms with van der Waals surface area (Å²) in [6.45, 7) is 4.56. The van der Waals surface area contributed by atoms with E-state index in [0.717, 1.165) is 30.1 Å². The number of benzene rings is 1. The van der Waals surface area contributed by atoms with Crippen molar-refractivity contribution in [3.63, 3.8) is 0 Å². The van der Waals surface area contributed by atoms with Gasteiger partial charge in [0.2, 0.25) is 5.91 Å². The molecule has 1 heterocycles. The van der Waals surface area contributed by atoms with Gasteiger partial charge in [0.25, 0.3) is 0 Å². The fraction of sp³-hybridized carbons (Fsp3) is 0.429. The van der Waals surface area contributed by atoms with Gasteiger partial charge in [0, 0.05) is 35.3 Å². The number of anilines is 1. The summed E-state index contributed by atoms with van der Waals surface area (Å²) in [5, 5.41) is 3.49. The van der Waals surface area contributed by atoms with E-state index in [1.54, 1.807) is 6.07 Å². The molecule has 0 radical (unpaired) electrons. The Hall–Kier alpha value is -1.11. The molecular formula is C14H19N3OS2. The highest BCUT2D eigenvalue weighted by Gasteiger charge is 2.18. The number of thiocarbonyl (C=S) groups is 1. The lowest BCUT2D eigenvalue weighted by molar-refractivity contribution is -0.117. The van der Waals surface area contributed by atoms with E-state index in [4.69, 9.17) is 18.0 Å². The number of rotatable bonds is 4. The minimum absolute atomic E-state index is 0.00388. The van der Waals surface area contributed by atoms with E-state index >= 15 is 0 Å². The predicted molar refractivity (Wildman–Crippen MR) is 89.3 cm³/mol. The zero-order chi connectivity index (χ0) is 14.5. The summed E-state index contributed by atoms with van der Waals surface area (Å²) < 4.78 is 0. The second-order valence-corrected chi connectivity index (χ2v) is 6.90. The molecule has 1 aliphatic heterocycles. The molecule has 2 rings (SSSR count). The molecule has 3 N–H and O–H groups in total. The fourth-order valence-electron chi connectivity index (χ4n) is 2.19. The Balaban J connectivity index is 1.91. The first-order valence-corrected chi connectivity index (χ1v) is 8.04. The summed E-state index contributed by atoms with van der Waals surface area (Å²) in [5.41, 5.74) is 7.09. The molecule has 1 aromatic rings. The molecule has 0 saturated carbocycles. The minimum atomic E-state index is 0.00388. The second-order valence-electron chi connectivity index (χ2n) is 4.91. The largest absolute Gasteiger partial charge is 0.389 e. The van der Waals surface area contributed by atoms with Crippen molar-refractivity contribution in [2.24, 2.45) is 5.73 Å². The lowest BCUT2D eigenvalue weighted by atomic mass is 10.2. The zero-order valence-electron chi connectivity index (χ0n) is 11.5. The van der Waals surface area contributed by atoms with Crippen molar-refractivity contribution >= 4 is 40.6 Å². The van der Waals surface area contributed by atoms with Gasteiger partial charge in [-0.2, -0.15) is 11.8 Å². The van der Waals surface area contributed by atoms with Crippen molar-refractivity contribution in [2.75, 3.05) is 30.7 Å². The number of nitrogens with zero attached hydrogens (tertiary/aromatic N) is 1. The Morgan fingerprint density at radius 2 is 2.40 bits per heavy atom. The average molecular weight is 309 g/mol. The summed E-state index contributed by atoms with van der Waals surface area (Å²) in [6, 6.07) is 7.31. The Labute approximate surface area is 129 Å². The molecule has 1 aliphatic rings. The van der Waals surface area contributed by atoms with Crippen molar-refractivity contribution in [1.29, 1.82) is 0 Å². The quantitative estimate of drug-likeness (QED) is 0.829. The highest BCUT2D eigenvalue weighted by atomic mass is 32.2. The zero-order valence-corrected chi connectivity index (χ0v) is 13.1. The molecule has 1 aromatic carbocycles. The first-order valence-electron chi connectivity index (χ1n) is 6.58. The molecular weight excluding hydrogens is 290 g/mol. The molecule has 1 fully saturated rings. The molecule has 0 spiro atoms. The van der Waals surface area contributed by atoms with Crippen LogP contribution in [-0.2, 0) is 4.79 Å².